The molecule has 0 amide bonds. The lowest BCUT2D eigenvalue weighted by Crippen LogP contribution is -2.46. The summed E-state index contributed by atoms with van der Waals surface area (Å²) in [5.74, 6) is 0.285. The van der Waals surface area contributed by atoms with Crippen molar-refractivity contribution >= 4 is 5.70 Å². The third kappa shape index (κ3) is 3.11. The highest BCUT2D eigenvalue weighted by molar-refractivity contribution is 5.76. The van der Waals surface area contributed by atoms with Crippen molar-refractivity contribution in [2.75, 3.05) is 0 Å². The largest absolute Gasteiger partial charge is 0.506 e. The van der Waals surface area contributed by atoms with Crippen LogP contribution in [0.2, 0.25) is 0 Å². The molecule has 2 heteroatoms. The van der Waals surface area contributed by atoms with Crippen molar-refractivity contribution in [1.29, 1.82) is 0 Å². The molecule has 0 spiro atoms. The second-order valence-electron chi connectivity index (χ2n) is 8.42. The van der Waals surface area contributed by atoms with E-state index in [2.05, 4.69) is 64.3 Å². The molecular weight excluding hydrogens is 318 g/mol. The first-order valence-electron chi connectivity index (χ1n) is 10.1. The van der Waals surface area contributed by atoms with Crippen LogP contribution < -0.4 is 0 Å². The molecule has 2 heterocycles. The Morgan fingerprint density at radius 1 is 1.19 bits per heavy atom. The van der Waals surface area contributed by atoms with Gasteiger partial charge in [-0.15, -0.1) is 0 Å². The number of aliphatic hydroxyl groups excluding tert-OH is 1. The topological polar surface area (TPSA) is 23.5 Å². The average Bonchev–Trinajstić information content (AvgIpc) is 2.62. The predicted molar refractivity (Wildman–Crippen MR) is 111 cm³/mol. The quantitative estimate of drug-likeness (QED) is 0.685. The Bertz CT molecular complexity index is 782. The average molecular weight is 352 g/mol. The van der Waals surface area contributed by atoms with Crippen LogP contribution in [0.25, 0.3) is 5.70 Å². The standard InChI is InChI=1S/C24H33NO/c1-7-10-18-12-19-14-23(24(5,6)9-3)25-15-22(26)16(4)11-21(25)20(19)13-17(18)8-2/h11-13,15,23,26H,4,7-10,14H2,1-3,5-6H3. The zero-order valence-electron chi connectivity index (χ0n) is 17.0. The van der Waals surface area contributed by atoms with Gasteiger partial charge in [-0.2, -0.15) is 0 Å². The smallest absolute Gasteiger partial charge is 0.138 e. The number of fused-ring (bicyclic) bond motifs is 3. The minimum Gasteiger partial charge on any atom is -0.506 e. The van der Waals surface area contributed by atoms with E-state index in [4.69, 9.17) is 0 Å². The van der Waals surface area contributed by atoms with E-state index in [0.29, 0.717) is 11.6 Å². The first-order chi connectivity index (χ1) is 12.3. The summed E-state index contributed by atoms with van der Waals surface area (Å²) in [6.45, 7) is 15.5. The second-order valence-corrected chi connectivity index (χ2v) is 8.42. The molecule has 1 unspecified atom stereocenters. The van der Waals surface area contributed by atoms with E-state index in [1.165, 1.54) is 34.4 Å². The van der Waals surface area contributed by atoms with Gasteiger partial charge in [0.05, 0.1) is 0 Å². The molecule has 26 heavy (non-hydrogen) atoms. The molecule has 140 valence electrons. The molecular formula is C24H33NO. The van der Waals surface area contributed by atoms with Crippen molar-refractivity contribution < 1.29 is 5.11 Å². The molecule has 2 aliphatic heterocycles. The SMILES string of the molecule is C=C1C=C2c3cc(CC)c(CCC)cc3CC(C(C)(C)CC)N2C=C1O. The zero-order valence-corrected chi connectivity index (χ0v) is 17.0. The van der Waals surface area contributed by atoms with Crippen molar-refractivity contribution in [3.63, 3.8) is 0 Å². The lowest BCUT2D eigenvalue weighted by Gasteiger charge is -2.47. The Hall–Kier alpha value is -1.96. The van der Waals surface area contributed by atoms with Gasteiger partial charge >= 0.3 is 0 Å². The van der Waals surface area contributed by atoms with Gasteiger partial charge in [0.15, 0.2) is 0 Å². The van der Waals surface area contributed by atoms with Gasteiger partial charge in [0, 0.05) is 29.1 Å². The van der Waals surface area contributed by atoms with Crippen LogP contribution in [-0.4, -0.2) is 16.0 Å². The summed E-state index contributed by atoms with van der Waals surface area (Å²) < 4.78 is 0. The van der Waals surface area contributed by atoms with Crippen LogP contribution in [0.4, 0.5) is 0 Å². The van der Waals surface area contributed by atoms with Crippen molar-refractivity contribution in [3.8, 4) is 0 Å². The number of nitrogens with zero attached hydrogens (tertiary/aromatic N) is 1. The summed E-state index contributed by atoms with van der Waals surface area (Å²) in [6.07, 6.45) is 9.46. The summed E-state index contributed by atoms with van der Waals surface area (Å²) in [6, 6.07) is 5.18. The molecule has 0 radical (unpaired) electrons. The van der Waals surface area contributed by atoms with Gasteiger partial charge in [-0.25, -0.2) is 0 Å². The third-order valence-corrected chi connectivity index (χ3v) is 6.34. The number of benzene rings is 1. The van der Waals surface area contributed by atoms with Crippen LogP contribution in [0.5, 0.6) is 0 Å². The first-order valence-corrected chi connectivity index (χ1v) is 10.1. The summed E-state index contributed by atoms with van der Waals surface area (Å²) in [5, 5.41) is 10.3. The molecule has 0 aliphatic carbocycles. The highest BCUT2D eigenvalue weighted by Gasteiger charge is 2.39. The van der Waals surface area contributed by atoms with Gasteiger partial charge < -0.3 is 10.0 Å². The predicted octanol–water partition coefficient (Wildman–Crippen LogP) is 6.17. The molecule has 3 rings (SSSR count). The van der Waals surface area contributed by atoms with Gasteiger partial charge in [0.2, 0.25) is 0 Å². The van der Waals surface area contributed by atoms with Crippen LogP contribution in [0.15, 0.2) is 42.3 Å². The molecule has 0 aromatic heterocycles. The van der Waals surface area contributed by atoms with Crippen molar-refractivity contribution in [1.82, 2.24) is 4.90 Å². The Balaban J connectivity index is 2.18. The molecule has 1 aromatic carbocycles. The van der Waals surface area contributed by atoms with Gasteiger partial charge in [-0.05, 0) is 59.9 Å². The molecule has 1 aromatic rings. The van der Waals surface area contributed by atoms with Crippen molar-refractivity contribution in [2.24, 2.45) is 5.41 Å². The normalized spacial score (nSPS) is 19.7. The van der Waals surface area contributed by atoms with Gasteiger partial charge in [-0.1, -0.05) is 53.7 Å². The van der Waals surface area contributed by atoms with Gasteiger partial charge in [0.1, 0.15) is 5.76 Å². The van der Waals surface area contributed by atoms with E-state index < -0.39 is 0 Å². The fraction of sp³-hybridized carbons (Fsp3) is 0.500. The van der Waals surface area contributed by atoms with Crippen LogP contribution >= 0.6 is 0 Å². The maximum atomic E-state index is 10.3. The van der Waals surface area contributed by atoms with Crippen molar-refractivity contribution in [3.05, 3.63) is 64.6 Å². The highest BCUT2D eigenvalue weighted by atomic mass is 16.3. The number of hydrogen-bond donors (Lipinski definition) is 1. The number of aliphatic hydroxyl groups is 1. The molecule has 0 bridgehead atoms. The molecule has 0 saturated carbocycles. The van der Waals surface area contributed by atoms with E-state index in [0.717, 1.165) is 25.7 Å². The van der Waals surface area contributed by atoms with E-state index >= 15 is 0 Å². The maximum absolute atomic E-state index is 10.3. The molecule has 1 atom stereocenters. The highest BCUT2D eigenvalue weighted by Crippen LogP contribution is 2.44. The zero-order chi connectivity index (χ0) is 19.1. The Morgan fingerprint density at radius 2 is 1.92 bits per heavy atom. The lowest BCUT2D eigenvalue weighted by molar-refractivity contribution is 0.159. The molecule has 2 nitrogen and oxygen atoms in total. The van der Waals surface area contributed by atoms with Crippen molar-refractivity contribution in [2.45, 2.75) is 72.8 Å². The summed E-state index contributed by atoms with van der Waals surface area (Å²) >= 11 is 0. The van der Waals surface area contributed by atoms with Crippen LogP contribution in [0.3, 0.4) is 0 Å². The lowest BCUT2D eigenvalue weighted by atomic mass is 9.73. The third-order valence-electron chi connectivity index (χ3n) is 6.34. The number of allylic oxidation sites excluding steroid dienone is 1. The van der Waals surface area contributed by atoms with E-state index in [1.54, 1.807) is 0 Å². The van der Waals surface area contributed by atoms with Gasteiger partial charge in [0.25, 0.3) is 0 Å². The molecule has 0 fully saturated rings. The fourth-order valence-electron chi connectivity index (χ4n) is 4.25. The minimum absolute atomic E-state index is 0.153. The second kappa shape index (κ2) is 6.98. The fourth-order valence-corrected chi connectivity index (χ4v) is 4.25. The maximum Gasteiger partial charge on any atom is 0.138 e. The molecule has 0 saturated heterocycles. The Morgan fingerprint density at radius 3 is 2.54 bits per heavy atom. The number of rotatable bonds is 5. The van der Waals surface area contributed by atoms with E-state index in [-0.39, 0.29) is 11.2 Å². The Labute approximate surface area is 158 Å². The number of aryl methyl sites for hydroxylation is 2. The van der Waals surface area contributed by atoms with Crippen LogP contribution in [0.1, 0.15) is 69.7 Å². The number of hydrogen-bond acceptors (Lipinski definition) is 2. The summed E-state index contributed by atoms with van der Waals surface area (Å²) in [7, 11) is 0. The van der Waals surface area contributed by atoms with Crippen LogP contribution in [-0.2, 0) is 19.3 Å². The first kappa shape index (κ1) is 18.8. The minimum atomic E-state index is 0.153. The van der Waals surface area contributed by atoms with Gasteiger partial charge in [-0.3, -0.25) is 0 Å². The molecule has 2 aliphatic rings. The summed E-state index contributed by atoms with van der Waals surface area (Å²) in [5.41, 5.74) is 7.76. The monoisotopic (exact) mass is 351 g/mol. The van der Waals surface area contributed by atoms with Crippen LogP contribution in [0, 0.1) is 5.41 Å². The Kier molecular flexibility index (Phi) is 5.05. The summed E-state index contributed by atoms with van der Waals surface area (Å²) in [4.78, 5) is 2.30. The van der Waals surface area contributed by atoms with E-state index in [1.807, 2.05) is 6.20 Å². The van der Waals surface area contributed by atoms with E-state index in [9.17, 15) is 5.11 Å². The molecule has 1 N–H and O–H groups in total.